The molecule has 0 saturated heterocycles. The molecule has 0 aromatic heterocycles. The van der Waals surface area contributed by atoms with E-state index in [0.29, 0.717) is 5.92 Å². The third-order valence-corrected chi connectivity index (χ3v) is 9.56. The van der Waals surface area contributed by atoms with E-state index in [2.05, 4.69) is 108 Å². The fourth-order valence-corrected chi connectivity index (χ4v) is 6.91. The Kier molecular flexibility index (Phi) is 10.4. The monoisotopic (exact) mass is 632 g/mol. The maximum absolute atomic E-state index is 3.15. The average Bonchev–Trinajstić information content (AvgIpc) is 3.57. The van der Waals surface area contributed by atoms with Crippen LogP contribution in [0.5, 0.6) is 0 Å². The molecular formula is C36H40Cl2Zr-2. The van der Waals surface area contributed by atoms with Gasteiger partial charge in [-0.2, -0.15) is 6.08 Å². The molecule has 1 fully saturated rings. The van der Waals surface area contributed by atoms with Gasteiger partial charge >= 0.3 is 59.5 Å². The molecule has 4 aliphatic carbocycles. The second-order valence-electron chi connectivity index (χ2n) is 12.5. The van der Waals surface area contributed by atoms with E-state index in [9.17, 15) is 0 Å². The molecule has 4 aliphatic rings. The molecule has 3 aromatic rings. The Hall–Kier alpha value is -1.40. The topological polar surface area (TPSA) is 0 Å². The molecule has 1 atom stereocenters. The summed E-state index contributed by atoms with van der Waals surface area (Å²) in [5, 5.41) is 5.53. The zero-order valence-electron chi connectivity index (χ0n) is 24.2. The van der Waals surface area contributed by atoms with Crippen molar-refractivity contribution in [2.24, 2.45) is 5.92 Å². The van der Waals surface area contributed by atoms with Gasteiger partial charge in [0.05, 0.1) is 0 Å². The van der Waals surface area contributed by atoms with E-state index in [0.717, 1.165) is 0 Å². The van der Waals surface area contributed by atoms with E-state index >= 15 is 0 Å². The number of halogens is 2. The van der Waals surface area contributed by atoms with Gasteiger partial charge in [0, 0.05) is 10.8 Å². The minimum absolute atomic E-state index is 0. The summed E-state index contributed by atoms with van der Waals surface area (Å²) in [6.07, 6.45) is 23.9. The molecule has 39 heavy (non-hydrogen) atoms. The average molecular weight is 635 g/mol. The summed E-state index contributed by atoms with van der Waals surface area (Å²) in [5.41, 5.74) is 7.31. The van der Waals surface area contributed by atoms with Crippen LogP contribution in [0, 0.1) is 12.0 Å². The van der Waals surface area contributed by atoms with Crippen molar-refractivity contribution < 1.29 is 49.0 Å². The predicted octanol–water partition coefficient (Wildman–Crippen LogP) is 3.94. The van der Waals surface area contributed by atoms with Crippen LogP contribution in [0.1, 0.15) is 95.9 Å². The van der Waals surface area contributed by atoms with Crippen molar-refractivity contribution in [3.63, 3.8) is 0 Å². The van der Waals surface area contributed by atoms with Crippen LogP contribution in [0.25, 0.3) is 33.7 Å². The SMILES string of the molecule is CC1(C)C=Cc2cc3c(cc21)[cH-]c1cc2c(cc13)C=CC2(C)C.CC1=CC(C)[C-]=C1.[Cl-].[Cl-].[Zr+2]=[C]1CCCCC1. The van der Waals surface area contributed by atoms with E-state index in [1.165, 1.54) is 81.5 Å². The van der Waals surface area contributed by atoms with Crippen LogP contribution in [0.2, 0.25) is 0 Å². The second-order valence-corrected chi connectivity index (χ2v) is 14.2. The first kappa shape index (κ1) is 32.1. The zero-order valence-corrected chi connectivity index (χ0v) is 28.2. The van der Waals surface area contributed by atoms with E-state index in [1.807, 2.05) is 6.08 Å². The van der Waals surface area contributed by atoms with Gasteiger partial charge in [-0.25, -0.2) is 11.6 Å². The van der Waals surface area contributed by atoms with E-state index in [-0.39, 0.29) is 35.6 Å². The standard InChI is InChI=1S/C23H21.C7H9.C6H10.2ClH.Zr/c1-22(2)7-5-14-10-18-16(12-20(14)22)9-17-13-21-15(11-19(17)18)6-8-23(21,3)4;1-6-3-4-7(2)5-6;1-2-4-6-5-3-1;;;/h5-13H,1-4H3;3,5,7H,1-2H3;1-5H2;2*1H;/q2*-1;;;;+2/p-2. The predicted molar refractivity (Wildman–Crippen MR) is 160 cm³/mol. The second kappa shape index (κ2) is 12.6. The normalized spacial score (nSPS) is 20.8. The van der Waals surface area contributed by atoms with Crippen molar-refractivity contribution in [3.8, 4) is 0 Å². The maximum atomic E-state index is 3.15. The Morgan fingerprint density at radius 1 is 0.795 bits per heavy atom. The first-order chi connectivity index (χ1) is 17.5. The van der Waals surface area contributed by atoms with Gasteiger partial charge in [0.1, 0.15) is 0 Å². The van der Waals surface area contributed by atoms with Crippen molar-refractivity contribution in [2.75, 3.05) is 0 Å². The molecule has 204 valence electrons. The van der Waals surface area contributed by atoms with Crippen LogP contribution in [-0.2, 0) is 35.1 Å². The molecule has 0 bridgehead atoms. The third kappa shape index (κ3) is 6.92. The summed E-state index contributed by atoms with van der Waals surface area (Å²) in [6, 6.07) is 11.9. The molecule has 0 spiro atoms. The molecule has 0 nitrogen and oxygen atoms in total. The molecule has 3 aromatic carbocycles. The molecule has 7 rings (SSSR count). The number of hydrogen-bond acceptors (Lipinski definition) is 0. The Bertz CT molecular complexity index is 1400. The molecule has 0 aliphatic heterocycles. The molecule has 0 radical (unpaired) electrons. The number of benzene rings is 2. The molecule has 1 unspecified atom stereocenters. The molecule has 0 heterocycles. The van der Waals surface area contributed by atoms with Crippen LogP contribution in [0.15, 0.2) is 60.2 Å². The summed E-state index contributed by atoms with van der Waals surface area (Å²) < 4.78 is 1.80. The van der Waals surface area contributed by atoms with Crippen LogP contribution >= 0.6 is 0 Å². The Morgan fingerprint density at radius 3 is 1.62 bits per heavy atom. The van der Waals surface area contributed by atoms with Crippen molar-refractivity contribution in [2.45, 2.75) is 84.5 Å². The fraction of sp³-hybridized carbons (Fsp3) is 0.389. The van der Waals surface area contributed by atoms with Crippen LogP contribution in [0.4, 0.5) is 0 Å². The number of rotatable bonds is 0. The molecule has 1 saturated carbocycles. The first-order valence-electron chi connectivity index (χ1n) is 14.0. The van der Waals surface area contributed by atoms with Gasteiger partial charge in [0.2, 0.25) is 0 Å². The summed E-state index contributed by atoms with van der Waals surface area (Å²) in [6.45, 7) is 13.4. The molecule has 3 heteroatoms. The van der Waals surface area contributed by atoms with Gasteiger partial charge in [-0.3, -0.25) is 6.08 Å². The zero-order chi connectivity index (χ0) is 26.4. The van der Waals surface area contributed by atoms with Gasteiger partial charge in [-0.15, -0.1) is 46.7 Å². The first-order valence-corrected chi connectivity index (χ1v) is 15.2. The molecular weight excluding hydrogens is 595 g/mol. The summed E-state index contributed by atoms with van der Waals surface area (Å²) in [5.74, 6) is 0.556. The van der Waals surface area contributed by atoms with Crippen LogP contribution in [0.3, 0.4) is 0 Å². The van der Waals surface area contributed by atoms with Crippen molar-refractivity contribution in [1.29, 1.82) is 0 Å². The molecule has 0 N–H and O–H groups in total. The summed E-state index contributed by atoms with van der Waals surface area (Å²) in [7, 11) is 0. The van der Waals surface area contributed by atoms with Crippen molar-refractivity contribution in [3.05, 3.63) is 88.5 Å². The fourth-order valence-electron chi connectivity index (χ4n) is 6.04. The summed E-state index contributed by atoms with van der Waals surface area (Å²) >= 11 is 1.69. The van der Waals surface area contributed by atoms with Crippen LogP contribution in [-0.4, -0.2) is 3.21 Å². The van der Waals surface area contributed by atoms with Gasteiger partial charge in [-0.1, -0.05) is 88.1 Å². The van der Waals surface area contributed by atoms with Gasteiger partial charge in [-0.05, 0) is 11.1 Å². The Morgan fingerprint density at radius 2 is 1.28 bits per heavy atom. The third-order valence-electron chi connectivity index (χ3n) is 8.34. The van der Waals surface area contributed by atoms with E-state index < -0.39 is 0 Å². The Balaban J connectivity index is 0.000000218. The Labute approximate surface area is 263 Å². The number of allylic oxidation sites excluding steroid dienone is 6. The minimum atomic E-state index is 0. The van der Waals surface area contributed by atoms with Gasteiger partial charge < -0.3 is 24.8 Å². The quantitative estimate of drug-likeness (QED) is 0.329. The summed E-state index contributed by atoms with van der Waals surface area (Å²) in [4.78, 5) is 0. The number of hydrogen-bond donors (Lipinski definition) is 0. The number of fused-ring (bicyclic) bond motifs is 5. The van der Waals surface area contributed by atoms with Gasteiger partial charge in [0.25, 0.3) is 0 Å². The van der Waals surface area contributed by atoms with Gasteiger partial charge in [0.15, 0.2) is 0 Å². The van der Waals surface area contributed by atoms with Crippen LogP contribution < -0.4 is 24.8 Å². The molecule has 0 amide bonds. The van der Waals surface area contributed by atoms with Crippen molar-refractivity contribution >= 4 is 36.9 Å². The van der Waals surface area contributed by atoms with E-state index in [1.54, 1.807) is 27.4 Å². The van der Waals surface area contributed by atoms with E-state index in [4.69, 9.17) is 0 Å². The van der Waals surface area contributed by atoms with Crippen molar-refractivity contribution in [1.82, 2.24) is 0 Å².